The zero-order valence-corrected chi connectivity index (χ0v) is 22.8. The Bertz CT molecular complexity index is 1480. The molecule has 6 rings (SSSR count). The molecular weight excluding hydrogens is 528 g/mol. The van der Waals surface area contributed by atoms with Gasteiger partial charge in [-0.1, -0.05) is 11.6 Å². The maximum atomic E-state index is 13.9. The standard InChI is InChI=1S/C25H31ClN8O3S/c1-38(36,37)30-19-8-7-17(26)14-18(19)25(35)32-12-3-2-6-21(32)20-15-23-28-22(31-10-5-11-31)16-24(34(23)29-20)33-13-4-9-27-33/h7-8,14-16,21,27,30H,2-6,9-13H2,1H3. The number of likely N-dealkylation sites (tertiary alicyclic amines) is 1. The summed E-state index contributed by atoms with van der Waals surface area (Å²) in [5, 5.41) is 7.45. The van der Waals surface area contributed by atoms with Gasteiger partial charge in [-0.05, 0) is 50.3 Å². The van der Waals surface area contributed by atoms with Crippen LogP contribution in [0, 0.1) is 0 Å². The summed E-state index contributed by atoms with van der Waals surface area (Å²) in [4.78, 5) is 22.8. The van der Waals surface area contributed by atoms with Crippen LogP contribution < -0.4 is 20.1 Å². The number of hydrogen-bond donors (Lipinski definition) is 2. The molecule has 202 valence electrons. The minimum absolute atomic E-state index is 0.212. The molecular formula is C25H31ClN8O3S. The molecule has 5 heterocycles. The fraction of sp³-hybridized carbons (Fsp3) is 0.480. The van der Waals surface area contributed by atoms with E-state index in [1.165, 1.54) is 12.1 Å². The second-order valence-corrected chi connectivity index (χ2v) is 12.3. The van der Waals surface area contributed by atoms with E-state index in [1.54, 1.807) is 11.0 Å². The molecule has 3 fully saturated rings. The lowest BCUT2D eigenvalue weighted by Gasteiger charge is -2.35. The Morgan fingerprint density at radius 2 is 1.92 bits per heavy atom. The third-order valence-corrected chi connectivity index (χ3v) is 8.17. The van der Waals surface area contributed by atoms with Crippen molar-refractivity contribution in [3.05, 3.63) is 46.6 Å². The van der Waals surface area contributed by atoms with Crippen molar-refractivity contribution in [3.8, 4) is 0 Å². The molecule has 3 saturated heterocycles. The number of aromatic nitrogens is 3. The number of hydrazine groups is 1. The molecule has 1 amide bonds. The molecule has 3 aromatic rings. The third-order valence-electron chi connectivity index (χ3n) is 7.34. The maximum absolute atomic E-state index is 13.9. The molecule has 3 aliphatic rings. The molecule has 1 aromatic carbocycles. The lowest BCUT2D eigenvalue weighted by Crippen LogP contribution is -2.39. The fourth-order valence-corrected chi connectivity index (χ4v) is 6.12. The second-order valence-electron chi connectivity index (χ2n) is 10.1. The number of rotatable bonds is 6. The van der Waals surface area contributed by atoms with Crippen LogP contribution in [0.5, 0.6) is 0 Å². The topological polar surface area (TPSA) is 115 Å². The lowest BCUT2D eigenvalue weighted by molar-refractivity contribution is 0.0607. The summed E-state index contributed by atoms with van der Waals surface area (Å²) in [6.45, 7) is 4.31. The van der Waals surface area contributed by atoms with Crippen molar-refractivity contribution in [2.45, 2.75) is 38.1 Å². The van der Waals surface area contributed by atoms with Crippen molar-refractivity contribution in [2.75, 3.05) is 53.6 Å². The molecule has 2 N–H and O–H groups in total. The summed E-state index contributed by atoms with van der Waals surface area (Å²) >= 11 is 6.23. The van der Waals surface area contributed by atoms with E-state index in [9.17, 15) is 13.2 Å². The summed E-state index contributed by atoms with van der Waals surface area (Å²) in [7, 11) is -3.58. The molecule has 13 heteroatoms. The van der Waals surface area contributed by atoms with Gasteiger partial charge in [-0.15, -0.1) is 0 Å². The molecule has 0 bridgehead atoms. The normalized spacial score (nSPS) is 20.2. The maximum Gasteiger partial charge on any atom is 0.256 e. The molecule has 0 radical (unpaired) electrons. The highest BCUT2D eigenvalue weighted by Crippen LogP contribution is 2.35. The van der Waals surface area contributed by atoms with Crippen LogP contribution in [0.3, 0.4) is 0 Å². The molecule has 38 heavy (non-hydrogen) atoms. The highest BCUT2D eigenvalue weighted by Gasteiger charge is 2.33. The predicted octanol–water partition coefficient (Wildman–Crippen LogP) is 3.05. The summed E-state index contributed by atoms with van der Waals surface area (Å²) < 4.78 is 28.2. The van der Waals surface area contributed by atoms with E-state index in [0.29, 0.717) is 11.6 Å². The van der Waals surface area contributed by atoms with Crippen LogP contribution >= 0.6 is 11.6 Å². The SMILES string of the molecule is CS(=O)(=O)Nc1ccc(Cl)cc1C(=O)N1CCCCC1c1cc2nc(N3CCC3)cc(N3CCCN3)n2n1. The first-order chi connectivity index (χ1) is 18.3. The summed E-state index contributed by atoms with van der Waals surface area (Å²) in [6, 6.07) is 8.40. The lowest BCUT2D eigenvalue weighted by atomic mass is 9.98. The first-order valence-electron chi connectivity index (χ1n) is 13.0. The van der Waals surface area contributed by atoms with E-state index < -0.39 is 10.0 Å². The predicted molar refractivity (Wildman–Crippen MR) is 147 cm³/mol. The Morgan fingerprint density at radius 3 is 2.63 bits per heavy atom. The van der Waals surface area contributed by atoms with Crippen molar-refractivity contribution in [1.29, 1.82) is 0 Å². The first kappa shape index (κ1) is 25.2. The van der Waals surface area contributed by atoms with Gasteiger partial charge >= 0.3 is 0 Å². The molecule has 2 aromatic heterocycles. The van der Waals surface area contributed by atoms with Gasteiger partial charge in [-0.2, -0.15) is 9.61 Å². The van der Waals surface area contributed by atoms with Crippen LogP contribution in [0.1, 0.15) is 54.2 Å². The average molecular weight is 559 g/mol. The highest BCUT2D eigenvalue weighted by atomic mass is 35.5. The number of carbonyl (C=O) groups is 1. The van der Waals surface area contributed by atoms with Gasteiger partial charge in [0.1, 0.15) is 11.6 Å². The van der Waals surface area contributed by atoms with Gasteiger partial charge in [0.25, 0.3) is 5.91 Å². The minimum atomic E-state index is -3.58. The van der Waals surface area contributed by atoms with Gasteiger partial charge in [0.05, 0.1) is 29.2 Å². The van der Waals surface area contributed by atoms with E-state index in [0.717, 1.165) is 87.5 Å². The quantitative estimate of drug-likeness (QED) is 0.474. The van der Waals surface area contributed by atoms with Gasteiger partial charge in [0.2, 0.25) is 10.0 Å². The van der Waals surface area contributed by atoms with Crippen LogP contribution in [0.25, 0.3) is 5.65 Å². The Labute approximate surface area is 226 Å². The van der Waals surface area contributed by atoms with Gasteiger partial charge in [-0.3, -0.25) is 14.5 Å². The second kappa shape index (κ2) is 9.90. The van der Waals surface area contributed by atoms with Crippen molar-refractivity contribution < 1.29 is 13.2 Å². The number of halogens is 1. The monoisotopic (exact) mass is 558 g/mol. The van der Waals surface area contributed by atoms with Crippen LogP contribution in [0.4, 0.5) is 17.3 Å². The molecule has 0 aliphatic carbocycles. The number of anilines is 3. The van der Waals surface area contributed by atoms with E-state index in [4.69, 9.17) is 21.7 Å². The zero-order valence-electron chi connectivity index (χ0n) is 21.2. The van der Waals surface area contributed by atoms with Gasteiger partial charge < -0.3 is 9.80 Å². The molecule has 1 unspecified atom stereocenters. The van der Waals surface area contributed by atoms with Gasteiger partial charge in [-0.25, -0.2) is 18.8 Å². The Morgan fingerprint density at radius 1 is 1.08 bits per heavy atom. The van der Waals surface area contributed by atoms with Crippen LogP contribution in [0.15, 0.2) is 30.3 Å². The zero-order chi connectivity index (χ0) is 26.4. The first-order valence-corrected chi connectivity index (χ1v) is 15.3. The van der Waals surface area contributed by atoms with Gasteiger partial charge in [0, 0.05) is 49.9 Å². The smallest absolute Gasteiger partial charge is 0.256 e. The number of piperidine rings is 1. The number of fused-ring (bicyclic) bond motifs is 1. The van der Waals surface area contributed by atoms with E-state index in [1.807, 2.05) is 10.6 Å². The Kier molecular flexibility index (Phi) is 6.57. The van der Waals surface area contributed by atoms with Crippen molar-refractivity contribution >= 4 is 50.5 Å². The summed E-state index contributed by atoms with van der Waals surface area (Å²) in [5.41, 5.74) is 5.37. The van der Waals surface area contributed by atoms with E-state index in [2.05, 4.69) is 26.1 Å². The number of amides is 1. The number of sulfonamides is 1. The van der Waals surface area contributed by atoms with Crippen LogP contribution in [-0.4, -0.2) is 72.8 Å². The molecule has 0 saturated carbocycles. The number of nitrogens with zero attached hydrogens (tertiary/aromatic N) is 6. The summed E-state index contributed by atoms with van der Waals surface area (Å²) in [6.07, 6.45) is 5.83. The largest absolute Gasteiger partial charge is 0.356 e. The van der Waals surface area contributed by atoms with E-state index in [-0.39, 0.29) is 23.2 Å². The van der Waals surface area contributed by atoms with Crippen molar-refractivity contribution in [1.82, 2.24) is 24.9 Å². The average Bonchev–Trinajstić information content (AvgIpc) is 3.53. The molecule has 3 aliphatic heterocycles. The number of hydrogen-bond acceptors (Lipinski definition) is 8. The van der Waals surface area contributed by atoms with Crippen molar-refractivity contribution in [2.24, 2.45) is 0 Å². The van der Waals surface area contributed by atoms with Crippen LogP contribution in [0.2, 0.25) is 5.02 Å². The van der Waals surface area contributed by atoms with Gasteiger partial charge in [0.15, 0.2) is 5.65 Å². The number of carbonyl (C=O) groups excluding carboxylic acids is 1. The van der Waals surface area contributed by atoms with E-state index >= 15 is 0 Å². The molecule has 1 atom stereocenters. The van der Waals surface area contributed by atoms with Crippen LogP contribution in [-0.2, 0) is 10.0 Å². The minimum Gasteiger partial charge on any atom is -0.356 e. The highest BCUT2D eigenvalue weighted by molar-refractivity contribution is 7.92. The Balaban J connectivity index is 1.39. The Hall–Kier alpha value is -3.09. The van der Waals surface area contributed by atoms with Crippen molar-refractivity contribution in [3.63, 3.8) is 0 Å². The molecule has 11 nitrogen and oxygen atoms in total. The number of benzene rings is 1. The number of nitrogens with one attached hydrogen (secondary N) is 2. The fourth-order valence-electron chi connectivity index (χ4n) is 5.37. The summed E-state index contributed by atoms with van der Waals surface area (Å²) in [5.74, 6) is 1.59. The third kappa shape index (κ3) is 4.87. The molecule has 0 spiro atoms.